The van der Waals surface area contributed by atoms with Gasteiger partial charge in [0.1, 0.15) is 0 Å². The lowest BCUT2D eigenvalue weighted by Crippen LogP contribution is -2.42. The summed E-state index contributed by atoms with van der Waals surface area (Å²) in [6, 6.07) is 0. The summed E-state index contributed by atoms with van der Waals surface area (Å²) in [5, 5.41) is 13.3. The van der Waals surface area contributed by atoms with E-state index < -0.39 is 24.7 Å². The zero-order chi connectivity index (χ0) is 13.3. The molecule has 102 valence electrons. The van der Waals surface area contributed by atoms with Crippen molar-refractivity contribution >= 4 is 5.91 Å². The van der Waals surface area contributed by atoms with Crippen molar-refractivity contribution in [1.82, 2.24) is 10.6 Å². The number of aliphatic hydroxyl groups excluding tert-OH is 1. The SMILES string of the molecule is COCCCNC(=O)CNCC(O)C(F)(F)F. The number of hydrogen-bond donors (Lipinski definition) is 3. The fourth-order valence-corrected chi connectivity index (χ4v) is 0.945. The van der Waals surface area contributed by atoms with E-state index in [4.69, 9.17) is 9.84 Å². The summed E-state index contributed by atoms with van der Waals surface area (Å²) >= 11 is 0. The van der Waals surface area contributed by atoms with Crippen LogP contribution in [0.15, 0.2) is 0 Å². The predicted octanol–water partition coefficient (Wildman–Crippen LogP) is -0.348. The standard InChI is InChI=1S/C9H17F3N2O3/c1-17-4-2-3-14-8(16)6-13-5-7(15)9(10,11)12/h7,13,15H,2-6H2,1H3,(H,14,16). The number of hydrogen-bond acceptors (Lipinski definition) is 4. The summed E-state index contributed by atoms with van der Waals surface area (Å²) in [5.74, 6) is -0.421. The van der Waals surface area contributed by atoms with Crippen molar-refractivity contribution in [3.05, 3.63) is 0 Å². The minimum atomic E-state index is -4.66. The maximum absolute atomic E-state index is 11.9. The Balaban J connectivity index is 3.51. The number of nitrogens with one attached hydrogen (secondary N) is 2. The number of halogens is 3. The summed E-state index contributed by atoms with van der Waals surface area (Å²) in [5.41, 5.74) is 0. The fourth-order valence-electron chi connectivity index (χ4n) is 0.945. The highest BCUT2D eigenvalue weighted by atomic mass is 19.4. The van der Waals surface area contributed by atoms with E-state index in [1.165, 1.54) is 7.11 Å². The fraction of sp³-hybridized carbons (Fsp3) is 0.889. The lowest BCUT2D eigenvalue weighted by atomic mass is 10.3. The van der Waals surface area contributed by atoms with E-state index >= 15 is 0 Å². The number of methoxy groups -OCH3 is 1. The zero-order valence-corrected chi connectivity index (χ0v) is 9.51. The maximum Gasteiger partial charge on any atom is 0.415 e. The molecule has 0 saturated carbocycles. The van der Waals surface area contributed by atoms with Gasteiger partial charge in [0.15, 0.2) is 6.10 Å². The normalized spacial score (nSPS) is 13.5. The zero-order valence-electron chi connectivity index (χ0n) is 9.51. The van der Waals surface area contributed by atoms with Crippen molar-refractivity contribution in [3.63, 3.8) is 0 Å². The van der Waals surface area contributed by atoms with E-state index in [1.807, 2.05) is 0 Å². The molecule has 0 aliphatic rings. The van der Waals surface area contributed by atoms with Crippen molar-refractivity contribution in [3.8, 4) is 0 Å². The molecule has 1 unspecified atom stereocenters. The third kappa shape index (κ3) is 8.90. The number of carbonyl (C=O) groups excluding carboxylic acids is 1. The van der Waals surface area contributed by atoms with Gasteiger partial charge in [-0.1, -0.05) is 0 Å². The van der Waals surface area contributed by atoms with E-state index in [2.05, 4.69) is 10.6 Å². The molecule has 0 aliphatic carbocycles. The molecule has 0 aromatic rings. The predicted molar refractivity (Wildman–Crippen MR) is 54.4 cm³/mol. The first-order valence-electron chi connectivity index (χ1n) is 5.09. The Morgan fingerprint density at radius 2 is 2.12 bits per heavy atom. The van der Waals surface area contributed by atoms with Crippen LogP contribution in [0.3, 0.4) is 0 Å². The van der Waals surface area contributed by atoms with Crippen molar-refractivity contribution < 1.29 is 27.8 Å². The third-order valence-corrected chi connectivity index (χ3v) is 1.85. The molecule has 0 aromatic carbocycles. The lowest BCUT2D eigenvalue weighted by Gasteiger charge is -2.14. The second-order valence-corrected chi connectivity index (χ2v) is 3.38. The van der Waals surface area contributed by atoms with Crippen LogP contribution in [0.2, 0.25) is 0 Å². The van der Waals surface area contributed by atoms with Gasteiger partial charge in [-0.25, -0.2) is 0 Å². The van der Waals surface area contributed by atoms with Crippen LogP contribution in [-0.4, -0.2) is 56.6 Å². The molecule has 0 spiro atoms. The Bertz CT molecular complexity index is 224. The van der Waals surface area contributed by atoms with Crippen LogP contribution in [-0.2, 0) is 9.53 Å². The van der Waals surface area contributed by atoms with Crippen molar-refractivity contribution in [2.45, 2.75) is 18.7 Å². The van der Waals surface area contributed by atoms with Gasteiger partial charge in [-0.05, 0) is 6.42 Å². The summed E-state index contributed by atoms with van der Waals surface area (Å²) < 4.78 is 40.3. The molecule has 1 atom stereocenters. The number of ether oxygens (including phenoxy) is 1. The smallest absolute Gasteiger partial charge is 0.385 e. The highest BCUT2D eigenvalue weighted by molar-refractivity contribution is 5.77. The summed E-state index contributed by atoms with van der Waals surface area (Å²) in [6.45, 7) is -0.0637. The number of rotatable bonds is 8. The topological polar surface area (TPSA) is 70.6 Å². The third-order valence-electron chi connectivity index (χ3n) is 1.85. The van der Waals surface area contributed by atoms with Gasteiger partial charge >= 0.3 is 6.18 Å². The number of aliphatic hydroxyl groups is 1. The average Bonchev–Trinajstić information content (AvgIpc) is 2.23. The van der Waals surface area contributed by atoms with Gasteiger partial charge in [-0.2, -0.15) is 13.2 Å². The van der Waals surface area contributed by atoms with Crippen LogP contribution >= 0.6 is 0 Å². The molecule has 17 heavy (non-hydrogen) atoms. The molecule has 0 saturated heterocycles. The average molecular weight is 258 g/mol. The van der Waals surface area contributed by atoms with Crippen LogP contribution in [0.25, 0.3) is 0 Å². The number of amides is 1. The number of carbonyl (C=O) groups is 1. The Morgan fingerprint density at radius 3 is 2.65 bits per heavy atom. The van der Waals surface area contributed by atoms with Crippen LogP contribution in [0.1, 0.15) is 6.42 Å². The monoisotopic (exact) mass is 258 g/mol. The quantitative estimate of drug-likeness (QED) is 0.521. The molecule has 0 bridgehead atoms. The van der Waals surface area contributed by atoms with Gasteiger partial charge in [0, 0.05) is 26.8 Å². The van der Waals surface area contributed by atoms with Gasteiger partial charge < -0.3 is 20.5 Å². The van der Waals surface area contributed by atoms with Gasteiger partial charge in [0.05, 0.1) is 6.54 Å². The molecule has 1 amide bonds. The van der Waals surface area contributed by atoms with Gasteiger partial charge in [-0.15, -0.1) is 0 Å². The van der Waals surface area contributed by atoms with Crippen LogP contribution in [0.5, 0.6) is 0 Å². The first-order chi connectivity index (χ1) is 7.88. The Morgan fingerprint density at radius 1 is 1.47 bits per heavy atom. The summed E-state index contributed by atoms with van der Waals surface area (Å²) in [7, 11) is 1.53. The molecule has 8 heteroatoms. The van der Waals surface area contributed by atoms with Crippen LogP contribution < -0.4 is 10.6 Å². The molecular weight excluding hydrogens is 241 g/mol. The van der Waals surface area contributed by atoms with Crippen molar-refractivity contribution in [2.24, 2.45) is 0 Å². The minimum absolute atomic E-state index is 0.264. The molecule has 0 heterocycles. The van der Waals surface area contributed by atoms with Crippen LogP contribution in [0.4, 0.5) is 13.2 Å². The van der Waals surface area contributed by atoms with Crippen molar-refractivity contribution in [1.29, 1.82) is 0 Å². The highest BCUT2D eigenvalue weighted by Gasteiger charge is 2.37. The van der Waals surface area contributed by atoms with E-state index in [-0.39, 0.29) is 6.54 Å². The van der Waals surface area contributed by atoms with Crippen LogP contribution in [0, 0.1) is 0 Å². The summed E-state index contributed by atoms with van der Waals surface area (Å²) in [4.78, 5) is 11.1. The first-order valence-corrected chi connectivity index (χ1v) is 5.09. The molecule has 0 rings (SSSR count). The Kier molecular flexibility index (Phi) is 7.85. The van der Waals surface area contributed by atoms with Gasteiger partial charge in [0.25, 0.3) is 0 Å². The van der Waals surface area contributed by atoms with Gasteiger partial charge in [-0.3, -0.25) is 4.79 Å². The number of alkyl halides is 3. The molecular formula is C9H17F3N2O3. The van der Waals surface area contributed by atoms with E-state index in [1.54, 1.807) is 0 Å². The molecule has 0 radical (unpaired) electrons. The minimum Gasteiger partial charge on any atom is -0.385 e. The van der Waals surface area contributed by atoms with Gasteiger partial charge in [0.2, 0.25) is 5.91 Å². The second-order valence-electron chi connectivity index (χ2n) is 3.38. The Hall–Kier alpha value is -0.860. The Labute approximate surface area is 97.3 Å². The molecule has 0 aliphatic heterocycles. The van der Waals surface area contributed by atoms with E-state index in [9.17, 15) is 18.0 Å². The first kappa shape index (κ1) is 16.1. The molecule has 0 aromatic heterocycles. The highest BCUT2D eigenvalue weighted by Crippen LogP contribution is 2.18. The maximum atomic E-state index is 11.9. The van der Waals surface area contributed by atoms with E-state index in [0.717, 1.165) is 0 Å². The summed E-state index contributed by atoms with van der Waals surface area (Å²) in [6.07, 6.45) is -6.49. The molecule has 0 fully saturated rings. The second kappa shape index (κ2) is 8.26. The largest absolute Gasteiger partial charge is 0.415 e. The van der Waals surface area contributed by atoms with Crippen molar-refractivity contribution in [2.75, 3.05) is 33.4 Å². The molecule has 5 nitrogen and oxygen atoms in total. The van der Waals surface area contributed by atoms with E-state index in [0.29, 0.717) is 19.6 Å². The lowest BCUT2D eigenvalue weighted by molar-refractivity contribution is -0.201. The molecule has 3 N–H and O–H groups in total.